The zero-order chi connectivity index (χ0) is 12.2. The summed E-state index contributed by atoms with van der Waals surface area (Å²) in [5.41, 5.74) is -0.372. The fourth-order valence-corrected chi connectivity index (χ4v) is 2.03. The smallest absolute Gasteiger partial charge is 0.311 e. The summed E-state index contributed by atoms with van der Waals surface area (Å²) in [5, 5.41) is 3.41. The predicted octanol–water partition coefficient (Wildman–Crippen LogP) is 0.869. The van der Waals surface area contributed by atoms with Gasteiger partial charge in [0.2, 0.25) is 0 Å². The van der Waals surface area contributed by atoms with Crippen LogP contribution in [0.5, 0.6) is 0 Å². The van der Waals surface area contributed by atoms with Crippen LogP contribution < -0.4 is 5.32 Å². The molecule has 4 heteroatoms. The molecule has 1 aliphatic rings. The standard InChI is InChI=1S/C12H24N2O2/c1-10-9-14(8-6-13-10)7-5-12(2,3)11(15)16-4/h10,13H,5-9H2,1-4H3/t10-/m1/s1. The summed E-state index contributed by atoms with van der Waals surface area (Å²) in [6.07, 6.45) is 0.854. The van der Waals surface area contributed by atoms with E-state index in [-0.39, 0.29) is 11.4 Å². The van der Waals surface area contributed by atoms with Crippen molar-refractivity contribution < 1.29 is 9.53 Å². The van der Waals surface area contributed by atoms with E-state index in [0.29, 0.717) is 6.04 Å². The number of carbonyl (C=O) groups is 1. The van der Waals surface area contributed by atoms with Gasteiger partial charge in [-0.05, 0) is 33.7 Å². The van der Waals surface area contributed by atoms with Gasteiger partial charge >= 0.3 is 5.97 Å². The lowest BCUT2D eigenvalue weighted by molar-refractivity contribution is -0.151. The number of esters is 1. The third kappa shape index (κ3) is 3.76. The number of rotatable bonds is 4. The minimum atomic E-state index is -0.372. The van der Waals surface area contributed by atoms with Crippen LogP contribution in [0.4, 0.5) is 0 Å². The van der Waals surface area contributed by atoms with Gasteiger partial charge in [0.25, 0.3) is 0 Å². The van der Waals surface area contributed by atoms with Gasteiger partial charge in [-0.1, -0.05) is 0 Å². The predicted molar refractivity (Wildman–Crippen MR) is 64.3 cm³/mol. The minimum absolute atomic E-state index is 0.115. The van der Waals surface area contributed by atoms with Crippen LogP contribution in [0.3, 0.4) is 0 Å². The molecule has 0 aromatic rings. The first kappa shape index (κ1) is 13.5. The van der Waals surface area contributed by atoms with E-state index in [1.807, 2.05) is 13.8 Å². The van der Waals surface area contributed by atoms with Gasteiger partial charge in [-0.25, -0.2) is 0 Å². The number of hydrogen-bond donors (Lipinski definition) is 1. The molecule has 0 aromatic heterocycles. The van der Waals surface area contributed by atoms with Crippen molar-refractivity contribution in [1.82, 2.24) is 10.2 Å². The molecule has 1 fully saturated rings. The van der Waals surface area contributed by atoms with Crippen LogP contribution in [0.2, 0.25) is 0 Å². The lowest BCUT2D eigenvalue weighted by atomic mass is 9.89. The molecule has 1 N–H and O–H groups in total. The molecule has 0 unspecified atom stereocenters. The van der Waals surface area contributed by atoms with Gasteiger partial charge in [-0.15, -0.1) is 0 Å². The van der Waals surface area contributed by atoms with Gasteiger partial charge in [0, 0.05) is 25.7 Å². The Hall–Kier alpha value is -0.610. The Balaban J connectivity index is 2.35. The summed E-state index contributed by atoms with van der Waals surface area (Å²) in [6.45, 7) is 10.2. The number of nitrogens with zero attached hydrogens (tertiary/aromatic N) is 1. The maximum absolute atomic E-state index is 11.5. The third-order valence-corrected chi connectivity index (χ3v) is 3.24. The molecule has 94 valence electrons. The topological polar surface area (TPSA) is 41.6 Å². The molecule has 1 aliphatic heterocycles. The van der Waals surface area contributed by atoms with E-state index in [4.69, 9.17) is 4.74 Å². The molecule has 0 aromatic carbocycles. The van der Waals surface area contributed by atoms with Crippen molar-refractivity contribution in [3.8, 4) is 0 Å². The number of ether oxygens (including phenoxy) is 1. The molecular formula is C12H24N2O2. The SMILES string of the molecule is COC(=O)C(C)(C)CCN1CCN[C@H](C)C1. The van der Waals surface area contributed by atoms with Gasteiger partial charge in [0.15, 0.2) is 0 Å². The lowest BCUT2D eigenvalue weighted by Gasteiger charge is -2.33. The summed E-state index contributed by atoms with van der Waals surface area (Å²) < 4.78 is 4.81. The van der Waals surface area contributed by atoms with Crippen LogP contribution in [0.15, 0.2) is 0 Å². The summed E-state index contributed by atoms with van der Waals surface area (Å²) in [6, 6.07) is 0.551. The summed E-state index contributed by atoms with van der Waals surface area (Å²) in [7, 11) is 1.46. The highest BCUT2D eigenvalue weighted by atomic mass is 16.5. The van der Waals surface area contributed by atoms with Crippen molar-refractivity contribution in [2.75, 3.05) is 33.3 Å². The molecule has 0 saturated carbocycles. The summed E-state index contributed by atoms with van der Waals surface area (Å²) in [5.74, 6) is -0.115. The largest absolute Gasteiger partial charge is 0.469 e. The quantitative estimate of drug-likeness (QED) is 0.725. The van der Waals surface area contributed by atoms with Crippen molar-refractivity contribution >= 4 is 5.97 Å². The van der Waals surface area contributed by atoms with Crippen molar-refractivity contribution in [2.24, 2.45) is 5.41 Å². The average Bonchev–Trinajstić information content (AvgIpc) is 2.25. The Kier molecular flexibility index (Phi) is 4.74. The Morgan fingerprint density at radius 1 is 1.56 bits per heavy atom. The molecule has 0 radical (unpaired) electrons. The molecule has 0 amide bonds. The normalized spacial score (nSPS) is 23.1. The first-order valence-corrected chi connectivity index (χ1v) is 6.00. The van der Waals surface area contributed by atoms with Crippen LogP contribution in [0.25, 0.3) is 0 Å². The Bertz CT molecular complexity index is 241. The highest BCUT2D eigenvalue weighted by Crippen LogP contribution is 2.22. The highest BCUT2D eigenvalue weighted by molar-refractivity contribution is 5.75. The molecule has 1 saturated heterocycles. The molecule has 1 atom stereocenters. The van der Waals surface area contributed by atoms with E-state index >= 15 is 0 Å². The monoisotopic (exact) mass is 228 g/mol. The number of nitrogens with one attached hydrogen (secondary N) is 1. The van der Waals surface area contributed by atoms with Gasteiger partial charge < -0.3 is 15.0 Å². The van der Waals surface area contributed by atoms with E-state index in [0.717, 1.165) is 32.6 Å². The summed E-state index contributed by atoms with van der Waals surface area (Å²) >= 11 is 0. The van der Waals surface area contributed by atoms with E-state index in [1.165, 1.54) is 7.11 Å². The molecule has 0 spiro atoms. The van der Waals surface area contributed by atoms with Gasteiger partial charge in [0.05, 0.1) is 12.5 Å². The maximum Gasteiger partial charge on any atom is 0.311 e. The maximum atomic E-state index is 11.5. The van der Waals surface area contributed by atoms with Gasteiger partial charge in [0.1, 0.15) is 0 Å². The van der Waals surface area contributed by atoms with E-state index in [2.05, 4.69) is 17.1 Å². The van der Waals surface area contributed by atoms with Gasteiger partial charge in [-0.2, -0.15) is 0 Å². The van der Waals surface area contributed by atoms with Crippen molar-refractivity contribution in [3.63, 3.8) is 0 Å². The molecule has 1 heterocycles. The van der Waals surface area contributed by atoms with Crippen LogP contribution in [0.1, 0.15) is 27.2 Å². The van der Waals surface area contributed by atoms with Crippen molar-refractivity contribution in [3.05, 3.63) is 0 Å². The fourth-order valence-electron chi connectivity index (χ4n) is 2.03. The number of piperazine rings is 1. The zero-order valence-electron chi connectivity index (χ0n) is 10.9. The molecule has 1 rings (SSSR count). The second-order valence-electron chi connectivity index (χ2n) is 5.28. The molecule has 0 bridgehead atoms. The first-order chi connectivity index (χ1) is 7.45. The minimum Gasteiger partial charge on any atom is -0.469 e. The first-order valence-electron chi connectivity index (χ1n) is 6.00. The fraction of sp³-hybridized carbons (Fsp3) is 0.917. The van der Waals surface area contributed by atoms with Crippen molar-refractivity contribution in [2.45, 2.75) is 33.2 Å². The van der Waals surface area contributed by atoms with Crippen LogP contribution in [0, 0.1) is 5.41 Å². The molecule has 16 heavy (non-hydrogen) atoms. The zero-order valence-corrected chi connectivity index (χ0v) is 10.9. The number of methoxy groups -OCH3 is 1. The lowest BCUT2D eigenvalue weighted by Crippen LogP contribution is -2.50. The molecule has 0 aliphatic carbocycles. The van der Waals surface area contributed by atoms with Gasteiger partial charge in [-0.3, -0.25) is 4.79 Å². The Morgan fingerprint density at radius 3 is 2.81 bits per heavy atom. The second kappa shape index (κ2) is 5.64. The number of carbonyl (C=O) groups excluding carboxylic acids is 1. The summed E-state index contributed by atoms with van der Waals surface area (Å²) in [4.78, 5) is 13.9. The molecule has 4 nitrogen and oxygen atoms in total. The van der Waals surface area contributed by atoms with Crippen LogP contribution >= 0.6 is 0 Å². The number of hydrogen-bond acceptors (Lipinski definition) is 4. The van der Waals surface area contributed by atoms with Crippen molar-refractivity contribution in [1.29, 1.82) is 0 Å². The van der Waals surface area contributed by atoms with E-state index < -0.39 is 0 Å². The Labute approximate surface area is 98.3 Å². The van der Waals surface area contributed by atoms with Crippen LogP contribution in [-0.4, -0.2) is 50.2 Å². The Morgan fingerprint density at radius 2 is 2.25 bits per heavy atom. The molecular weight excluding hydrogens is 204 g/mol. The van der Waals surface area contributed by atoms with E-state index in [9.17, 15) is 4.79 Å². The van der Waals surface area contributed by atoms with Crippen LogP contribution in [-0.2, 0) is 9.53 Å². The second-order valence-corrected chi connectivity index (χ2v) is 5.28. The third-order valence-electron chi connectivity index (χ3n) is 3.24. The highest BCUT2D eigenvalue weighted by Gasteiger charge is 2.29. The van der Waals surface area contributed by atoms with E-state index in [1.54, 1.807) is 0 Å². The average molecular weight is 228 g/mol.